The molecule has 3 aromatic rings. The second kappa shape index (κ2) is 8.39. The van der Waals surface area contributed by atoms with E-state index in [9.17, 15) is 50.4 Å². The number of aliphatic carboxylic acids is 1. The molecule has 0 unspecified atom stereocenters. The Labute approximate surface area is 188 Å². The first-order valence-corrected chi connectivity index (χ1v) is 9.64. The van der Waals surface area contributed by atoms with Crippen LogP contribution >= 0.6 is 0 Å². The molecule has 4 rings (SSSR count). The SMILES string of the molecule is O=C(O)[C@@H]1O[C@H](Oc2c(-c3ccc(O)c(O)c3)oc3cc(O)cc(O)c3c2=O)[C@H](O)[C@H](O)[C@@H]1O. The molecule has 2 aromatic carbocycles. The summed E-state index contributed by atoms with van der Waals surface area (Å²) in [4.78, 5) is 24.6. The van der Waals surface area contributed by atoms with Gasteiger partial charge in [0.1, 0.15) is 40.8 Å². The topological polar surface area (TPSA) is 228 Å². The molecular weight excluding hydrogens is 460 g/mol. The van der Waals surface area contributed by atoms with E-state index in [-0.39, 0.29) is 11.1 Å². The van der Waals surface area contributed by atoms with Crippen LogP contribution in [0.1, 0.15) is 0 Å². The molecular formula is C21H18O13. The summed E-state index contributed by atoms with van der Waals surface area (Å²) in [6, 6.07) is 5.13. The normalized spacial score (nSPS) is 24.7. The third kappa shape index (κ3) is 3.82. The molecule has 0 amide bonds. The largest absolute Gasteiger partial charge is 0.508 e. The number of aromatic hydroxyl groups is 4. The summed E-state index contributed by atoms with van der Waals surface area (Å²) in [5.41, 5.74) is -1.40. The average Bonchev–Trinajstić information content (AvgIpc) is 2.76. The Morgan fingerprint density at radius 3 is 2.24 bits per heavy atom. The Morgan fingerprint density at radius 1 is 0.882 bits per heavy atom. The Bertz CT molecular complexity index is 1330. The van der Waals surface area contributed by atoms with E-state index in [1.165, 1.54) is 6.07 Å². The summed E-state index contributed by atoms with van der Waals surface area (Å²) in [5, 5.41) is 78.3. The first-order valence-electron chi connectivity index (χ1n) is 9.64. The molecule has 1 aliphatic rings. The van der Waals surface area contributed by atoms with E-state index in [1.54, 1.807) is 0 Å². The lowest BCUT2D eigenvalue weighted by Crippen LogP contribution is -2.61. The number of carbonyl (C=O) groups is 1. The fourth-order valence-electron chi connectivity index (χ4n) is 3.50. The zero-order chi connectivity index (χ0) is 24.9. The van der Waals surface area contributed by atoms with Crippen molar-refractivity contribution in [2.45, 2.75) is 30.7 Å². The van der Waals surface area contributed by atoms with Crippen LogP contribution in [0, 0.1) is 0 Å². The van der Waals surface area contributed by atoms with Gasteiger partial charge in [-0.05, 0) is 18.2 Å². The molecule has 0 aliphatic carbocycles. The van der Waals surface area contributed by atoms with E-state index in [1.807, 2.05) is 0 Å². The Balaban J connectivity index is 1.91. The molecule has 0 saturated carbocycles. The van der Waals surface area contributed by atoms with Gasteiger partial charge in [0.2, 0.25) is 17.5 Å². The molecule has 1 aliphatic heterocycles. The van der Waals surface area contributed by atoms with Crippen molar-refractivity contribution in [3.63, 3.8) is 0 Å². The number of hydrogen-bond acceptors (Lipinski definition) is 12. The fraction of sp³-hybridized carbons (Fsp3) is 0.238. The van der Waals surface area contributed by atoms with Crippen LogP contribution in [0.4, 0.5) is 0 Å². The van der Waals surface area contributed by atoms with Gasteiger partial charge in [0.15, 0.2) is 23.4 Å². The van der Waals surface area contributed by atoms with Crippen molar-refractivity contribution >= 4 is 16.9 Å². The Hall–Kier alpha value is -4.04. The average molecular weight is 478 g/mol. The molecule has 0 bridgehead atoms. The maximum absolute atomic E-state index is 13.2. The number of carboxylic acid groups (broad SMARTS) is 1. The predicted molar refractivity (Wildman–Crippen MR) is 110 cm³/mol. The highest BCUT2D eigenvalue weighted by atomic mass is 16.7. The van der Waals surface area contributed by atoms with Crippen molar-refractivity contribution in [3.8, 4) is 40.1 Å². The van der Waals surface area contributed by atoms with Crippen molar-refractivity contribution in [2.24, 2.45) is 0 Å². The smallest absolute Gasteiger partial charge is 0.335 e. The minimum Gasteiger partial charge on any atom is -0.508 e. The fourth-order valence-corrected chi connectivity index (χ4v) is 3.50. The van der Waals surface area contributed by atoms with Gasteiger partial charge in [-0.25, -0.2) is 4.79 Å². The first kappa shape index (κ1) is 23.1. The van der Waals surface area contributed by atoms with E-state index < -0.39 is 82.0 Å². The number of carboxylic acids is 1. The standard InChI is InChI=1S/C21H18O13/c22-7-4-10(25)12-11(5-7)32-17(6-1-2-8(23)9(24)3-6)18(13(12)26)33-21-16(29)14(27)15(28)19(34-21)20(30)31/h1-5,14-16,19,21-25,27-29H,(H,30,31)/t14-,15+,16-,19-,21+/m1/s1. The predicted octanol–water partition coefficient (Wildman–Crippen LogP) is -0.447. The van der Waals surface area contributed by atoms with Gasteiger partial charge in [0.05, 0.1) is 0 Å². The zero-order valence-electron chi connectivity index (χ0n) is 16.9. The number of aliphatic hydroxyl groups excluding tert-OH is 3. The van der Waals surface area contributed by atoms with Crippen LogP contribution < -0.4 is 10.2 Å². The van der Waals surface area contributed by atoms with Crippen LogP contribution in [0.25, 0.3) is 22.3 Å². The lowest BCUT2D eigenvalue weighted by atomic mass is 9.99. The quantitative estimate of drug-likeness (QED) is 0.223. The Morgan fingerprint density at radius 2 is 1.59 bits per heavy atom. The van der Waals surface area contributed by atoms with E-state index >= 15 is 0 Å². The highest BCUT2D eigenvalue weighted by Crippen LogP contribution is 2.39. The molecule has 34 heavy (non-hydrogen) atoms. The number of rotatable bonds is 4. The molecule has 13 heteroatoms. The molecule has 1 saturated heterocycles. The molecule has 1 fully saturated rings. The van der Waals surface area contributed by atoms with Gasteiger partial charge < -0.3 is 54.7 Å². The first-order chi connectivity index (χ1) is 16.0. The van der Waals surface area contributed by atoms with Gasteiger partial charge in [-0.1, -0.05) is 0 Å². The van der Waals surface area contributed by atoms with E-state index in [4.69, 9.17) is 13.9 Å². The highest BCUT2D eigenvalue weighted by Gasteiger charge is 2.48. The molecule has 1 aromatic heterocycles. The molecule has 5 atom stereocenters. The van der Waals surface area contributed by atoms with Crippen LogP contribution in [0.3, 0.4) is 0 Å². The summed E-state index contributed by atoms with van der Waals surface area (Å²) < 4.78 is 16.1. The molecule has 8 N–H and O–H groups in total. The minimum absolute atomic E-state index is 0.0483. The van der Waals surface area contributed by atoms with Crippen molar-refractivity contribution in [2.75, 3.05) is 0 Å². The van der Waals surface area contributed by atoms with E-state index in [0.29, 0.717) is 0 Å². The summed E-state index contributed by atoms with van der Waals surface area (Å²) in [7, 11) is 0. The van der Waals surface area contributed by atoms with Crippen LogP contribution in [-0.4, -0.2) is 77.5 Å². The van der Waals surface area contributed by atoms with Crippen LogP contribution in [-0.2, 0) is 9.53 Å². The van der Waals surface area contributed by atoms with E-state index in [2.05, 4.69) is 0 Å². The number of phenolic OH excluding ortho intramolecular Hbond substituents is 4. The van der Waals surface area contributed by atoms with Crippen molar-refractivity contribution in [3.05, 3.63) is 40.6 Å². The van der Waals surface area contributed by atoms with Crippen LogP contribution in [0.15, 0.2) is 39.5 Å². The van der Waals surface area contributed by atoms with Crippen molar-refractivity contribution in [1.29, 1.82) is 0 Å². The van der Waals surface area contributed by atoms with Gasteiger partial charge in [-0.3, -0.25) is 4.79 Å². The minimum atomic E-state index is -2.03. The van der Waals surface area contributed by atoms with Gasteiger partial charge in [-0.2, -0.15) is 0 Å². The second-order valence-corrected chi connectivity index (χ2v) is 7.48. The summed E-state index contributed by atoms with van der Waals surface area (Å²) in [6.07, 6.45) is -10.1. The zero-order valence-corrected chi connectivity index (χ0v) is 16.9. The molecule has 13 nitrogen and oxygen atoms in total. The Kier molecular flexibility index (Phi) is 5.70. The monoisotopic (exact) mass is 478 g/mol. The number of benzene rings is 2. The number of aliphatic hydroxyl groups is 3. The molecule has 180 valence electrons. The molecule has 2 heterocycles. The van der Waals surface area contributed by atoms with Crippen LogP contribution in [0.2, 0.25) is 0 Å². The molecule has 0 radical (unpaired) electrons. The highest BCUT2D eigenvalue weighted by molar-refractivity contribution is 5.88. The van der Waals surface area contributed by atoms with Crippen molar-refractivity contribution in [1.82, 2.24) is 0 Å². The number of fused-ring (bicyclic) bond motifs is 1. The van der Waals surface area contributed by atoms with Gasteiger partial charge in [-0.15, -0.1) is 0 Å². The van der Waals surface area contributed by atoms with Gasteiger partial charge in [0.25, 0.3) is 0 Å². The van der Waals surface area contributed by atoms with Gasteiger partial charge >= 0.3 is 5.97 Å². The number of phenols is 4. The second-order valence-electron chi connectivity index (χ2n) is 7.48. The number of ether oxygens (including phenoxy) is 2. The summed E-state index contributed by atoms with van der Waals surface area (Å²) >= 11 is 0. The maximum Gasteiger partial charge on any atom is 0.335 e. The lowest BCUT2D eigenvalue weighted by molar-refractivity contribution is -0.271. The van der Waals surface area contributed by atoms with Gasteiger partial charge in [0, 0.05) is 17.7 Å². The maximum atomic E-state index is 13.2. The summed E-state index contributed by atoms with van der Waals surface area (Å²) in [5.74, 6) is -5.11. The number of hydrogen-bond donors (Lipinski definition) is 8. The van der Waals surface area contributed by atoms with E-state index in [0.717, 1.165) is 24.3 Å². The van der Waals surface area contributed by atoms with Crippen LogP contribution in [0.5, 0.6) is 28.7 Å². The third-order valence-corrected chi connectivity index (χ3v) is 5.20. The third-order valence-electron chi connectivity index (χ3n) is 5.20. The lowest BCUT2D eigenvalue weighted by Gasteiger charge is -2.38. The molecule has 0 spiro atoms. The van der Waals surface area contributed by atoms with Crippen molar-refractivity contribution < 1.29 is 59.5 Å². The summed E-state index contributed by atoms with van der Waals surface area (Å²) in [6.45, 7) is 0.